The van der Waals surface area contributed by atoms with Gasteiger partial charge in [-0.2, -0.15) is 5.10 Å². The highest BCUT2D eigenvalue weighted by Crippen LogP contribution is 2.30. The van der Waals surface area contributed by atoms with Crippen LogP contribution in [0.15, 0.2) is 71.8 Å². The van der Waals surface area contributed by atoms with Crippen molar-refractivity contribution >= 4 is 27.6 Å². The van der Waals surface area contributed by atoms with Crippen LogP contribution in [0.5, 0.6) is 5.75 Å². The van der Waals surface area contributed by atoms with Gasteiger partial charge in [-0.15, -0.1) is 13.2 Å². The molecule has 13 heteroatoms. The van der Waals surface area contributed by atoms with Crippen LogP contribution in [-0.2, 0) is 7.05 Å². The number of ether oxygens (including phenoxy) is 1. The number of benzene rings is 2. The van der Waals surface area contributed by atoms with E-state index in [1.54, 1.807) is 36.1 Å². The van der Waals surface area contributed by atoms with E-state index < -0.39 is 30.4 Å². The first-order valence-electron chi connectivity index (χ1n) is 11.0. The quantitative estimate of drug-likeness (QED) is 0.220. The molecule has 38 heavy (non-hydrogen) atoms. The van der Waals surface area contributed by atoms with E-state index in [9.17, 15) is 31.1 Å². The zero-order valence-corrected chi connectivity index (χ0v) is 19.4. The highest BCUT2D eigenvalue weighted by atomic mass is 19.4. The molecule has 0 radical (unpaired) electrons. The van der Waals surface area contributed by atoms with Crippen molar-refractivity contribution in [3.63, 3.8) is 0 Å². The Hall–Kier alpha value is -4.55. The number of hydrogen-bond acceptors (Lipinski definition) is 5. The van der Waals surface area contributed by atoms with E-state index in [0.29, 0.717) is 16.6 Å². The minimum Gasteiger partial charge on any atom is -0.406 e. The summed E-state index contributed by atoms with van der Waals surface area (Å²) in [5.74, 6) is -0.756. The molecule has 0 saturated carbocycles. The minimum atomic E-state index is -4.91. The molecule has 3 aromatic heterocycles. The van der Waals surface area contributed by atoms with E-state index in [2.05, 4.69) is 14.8 Å². The van der Waals surface area contributed by atoms with Crippen molar-refractivity contribution in [2.24, 2.45) is 7.05 Å². The van der Waals surface area contributed by atoms with Crippen molar-refractivity contribution in [3.8, 4) is 22.6 Å². The summed E-state index contributed by atoms with van der Waals surface area (Å²) in [6.45, 7) is 0. The summed E-state index contributed by atoms with van der Waals surface area (Å²) in [5, 5.41) is 7.39. The molecule has 0 bridgehead atoms. The van der Waals surface area contributed by atoms with Crippen molar-refractivity contribution in [2.75, 3.05) is 5.32 Å². The number of nitrogens with zero attached hydrogens (tertiary/aromatic N) is 4. The van der Waals surface area contributed by atoms with Crippen LogP contribution in [0.4, 0.5) is 32.2 Å². The number of rotatable bonds is 6. The van der Waals surface area contributed by atoms with Gasteiger partial charge in [-0.05, 0) is 48.0 Å². The molecule has 1 N–H and O–H groups in total. The van der Waals surface area contributed by atoms with Crippen LogP contribution >= 0.6 is 0 Å². The van der Waals surface area contributed by atoms with Crippen LogP contribution < -0.4 is 15.6 Å². The summed E-state index contributed by atoms with van der Waals surface area (Å²) in [6, 6.07) is 12.4. The van der Waals surface area contributed by atoms with Gasteiger partial charge in [-0.3, -0.25) is 14.0 Å². The molecule has 0 spiro atoms. The molecule has 196 valence electrons. The number of alkyl halides is 6. The first kappa shape index (κ1) is 25.1. The Morgan fingerprint density at radius 3 is 2.37 bits per heavy atom. The maximum atomic E-state index is 13.8. The molecule has 0 aliphatic heterocycles. The Balaban J connectivity index is 1.70. The number of pyridine rings is 2. The fourth-order valence-electron chi connectivity index (χ4n) is 4.04. The summed E-state index contributed by atoms with van der Waals surface area (Å²) in [5.41, 5.74) is 0.748. The Kier molecular flexibility index (Phi) is 6.21. The van der Waals surface area contributed by atoms with Crippen molar-refractivity contribution in [2.45, 2.75) is 19.1 Å². The van der Waals surface area contributed by atoms with Crippen LogP contribution in [0, 0.1) is 0 Å². The fraction of sp³-hybridized carbons (Fsp3) is 0.160. The number of fused-ring (bicyclic) bond motifs is 2. The molecule has 0 aliphatic rings. The Labute approximate surface area is 209 Å². The van der Waals surface area contributed by atoms with Gasteiger partial charge in [0.15, 0.2) is 0 Å². The van der Waals surface area contributed by atoms with E-state index in [0.717, 1.165) is 17.5 Å². The van der Waals surface area contributed by atoms with Gasteiger partial charge in [0, 0.05) is 35.9 Å². The van der Waals surface area contributed by atoms with Gasteiger partial charge in [0.2, 0.25) is 6.30 Å². The summed E-state index contributed by atoms with van der Waals surface area (Å²) < 4.78 is 83.8. The average Bonchev–Trinajstić information content (AvgIpc) is 3.22. The van der Waals surface area contributed by atoms with E-state index in [4.69, 9.17) is 0 Å². The molecular formula is C25H17F6N5O2. The van der Waals surface area contributed by atoms with Gasteiger partial charge < -0.3 is 10.1 Å². The van der Waals surface area contributed by atoms with Crippen LogP contribution in [0.3, 0.4) is 0 Å². The lowest BCUT2D eigenvalue weighted by atomic mass is 10.0. The Morgan fingerprint density at radius 2 is 1.68 bits per heavy atom. The third-order valence-electron chi connectivity index (χ3n) is 5.63. The highest BCUT2D eigenvalue weighted by Gasteiger charge is 2.31. The molecule has 0 aliphatic carbocycles. The standard InChI is InChI=1S/C25H17F6N5O2/c1-35-11-15-10-16(5-8-18(15)34-35)36-12-14-4-9-19(33-23(28)22(26)27)32-21(14)20(24(36)37)13-2-6-17(7-3-13)38-25(29,30)31/h2-12,22-23H,1H3,(H,32,33). The monoisotopic (exact) mass is 533 g/mol. The van der Waals surface area contributed by atoms with Gasteiger partial charge in [0.25, 0.3) is 12.0 Å². The SMILES string of the molecule is Cn1cc2cc(-n3cc4ccc(NC(F)C(F)F)nc4c(-c4ccc(OC(F)(F)F)cc4)c3=O)ccc2n1. The molecule has 0 fully saturated rings. The van der Waals surface area contributed by atoms with Gasteiger partial charge >= 0.3 is 6.36 Å². The summed E-state index contributed by atoms with van der Waals surface area (Å²) in [6.07, 6.45) is -7.68. The van der Waals surface area contributed by atoms with Crippen LogP contribution in [0.2, 0.25) is 0 Å². The zero-order chi connectivity index (χ0) is 27.2. The van der Waals surface area contributed by atoms with E-state index >= 15 is 0 Å². The van der Waals surface area contributed by atoms with E-state index in [1.807, 2.05) is 5.32 Å². The first-order chi connectivity index (χ1) is 18.0. The van der Waals surface area contributed by atoms with E-state index in [1.165, 1.54) is 35.0 Å². The molecule has 0 amide bonds. The topological polar surface area (TPSA) is 74.0 Å². The van der Waals surface area contributed by atoms with Gasteiger partial charge in [-0.1, -0.05) is 12.1 Å². The lowest BCUT2D eigenvalue weighted by molar-refractivity contribution is -0.274. The lowest BCUT2D eigenvalue weighted by Gasteiger charge is -2.15. The molecule has 7 nitrogen and oxygen atoms in total. The van der Waals surface area contributed by atoms with Crippen LogP contribution in [0.1, 0.15) is 0 Å². The van der Waals surface area contributed by atoms with Gasteiger partial charge in [0.1, 0.15) is 11.6 Å². The van der Waals surface area contributed by atoms with Crippen molar-refractivity contribution in [1.82, 2.24) is 19.3 Å². The summed E-state index contributed by atoms with van der Waals surface area (Å²) in [4.78, 5) is 17.9. The molecule has 3 heterocycles. The molecule has 1 atom stereocenters. The molecule has 5 rings (SSSR count). The molecular weight excluding hydrogens is 516 g/mol. The molecule has 1 unspecified atom stereocenters. The number of nitrogens with one attached hydrogen (secondary N) is 1. The summed E-state index contributed by atoms with van der Waals surface area (Å²) in [7, 11) is 1.75. The van der Waals surface area contributed by atoms with Crippen LogP contribution in [-0.4, -0.2) is 38.4 Å². The van der Waals surface area contributed by atoms with Crippen molar-refractivity contribution in [3.05, 3.63) is 77.3 Å². The second-order valence-corrected chi connectivity index (χ2v) is 8.31. The third kappa shape index (κ3) is 4.99. The van der Waals surface area contributed by atoms with Crippen molar-refractivity contribution < 1.29 is 31.1 Å². The molecule has 0 saturated heterocycles. The third-order valence-corrected chi connectivity index (χ3v) is 5.63. The Morgan fingerprint density at radius 1 is 0.947 bits per heavy atom. The van der Waals surface area contributed by atoms with E-state index in [-0.39, 0.29) is 22.5 Å². The maximum absolute atomic E-state index is 13.8. The number of aromatic nitrogens is 4. The second-order valence-electron chi connectivity index (χ2n) is 8.31. The smallest absolute Gasteiger partial charge is 0.406 e. The Bertz CT molecular complexity index is 1700. The summed E-state index contributed by atoms with van der Waals surface area (Å²) >= 11 is 0. The molecule has 2 aromatic carbocycles. The number of anilines is 1. The van der Waals surface area contributed by atoms with Crippen LogP contribution in [0.25, 0.3) is 38.6 Å². The number of halogens is 6. The minimum absolute atomic E-state index is 0.0321. The first-order valence-corrected chi connectivity index (χ1v) is 11.0. The maximum Gasteiger partial charge on any atom is 0.573 e. The predicted molar refractivity (Wildman–Crippen MR) is 128 cm³/mol. The largest absolute Gasteiger partial charge is 0.573 e. The predicted octanol–water partition coefficient (Wildman–Crippen LogP) is 5.81. The van der Waals surface area contributed by atoms with Gasteiger partial charge in [0.05, 0.1) is 16.6 Å². The molecule has 5 aromatic rings. The normalized spacial score (nSPS) is 12.8. The highest BCUT2D eigenvalue weighted by molar-refractivity contribution is 5.94. The fourth-order valence-corrected chi connectivity index (χ4v) is 4.04. The van der Waals surface area contributed by atoms with Crippen molar-refractivity contribution in [1.29, 1.82) is 0 Å². The van der Waals surface area contributed by atoms with Gasteiger partial charge in [-0.25, -0.2) is 18.2 Å². The number of hydrogen-bond donors (Lipinski definition) is 1. The number of aryl methyl sites for hydroxylation is 1. The second kappa shape index (κ2) is 9.39. The average molecular weight is 533 g/mol. The zero-order valence-electron chi connectivity index (χ0n) is 19.4. The lowest BCUT2D eigenvalue weighted by Crippen LogP contribution is -2.23.